The van der Waals surface area contributed by atoms with Gasteiger partial charge in [0.15, 0.2) is 5.65 Å². The number of pyridine rings is 1. The fraction of sp³-hybridized carbons (Fsp3) is 0.385. The van der Waals surface area contributed by atoms with Gasteiger partial charge in [-0.25, -0.2) is 14.3 Å². The number of aromatic nitrogens is 3. The van der Waals surface area contributed by atoms with Crippen molar-refractivity contribution in [3.63, 3.8) is 0 Å². The summed E-state index contributed by atoms with van der Waals surface area (Å²) in [7, 11) is 0. The zero-order valence-corrected chi connectivity index (χ0v) is 20.9. The number of aryl methyl sites for hydroxylation is 3. The van der Waals surface area contributed by atoms with E-state index in [1.54, 1.807) is 9.47 Å². The number of nitrogens with zero attached hydrogens (tertiary/aromatic N) is 5. The number of piperazine rings is 1. The van der Waals surface area contributed by atoms with E-state index in [0.717, 1.165) is 35.0 Å². The summed E-state index contributed by atoms with van der Waals surface area (Å²) in [6.45, 7) is 13.2. The molecule has 7 nitrogen and oxygen atoms in total. The largest absolute Gasteiger partial charge is 0.355 e. The minimum absolute atomic E-state index is 0.0437. The Bertz CT molecular complexity index is 1310. The molecule has 4 rings (SSSR count). The average molecular weight is 480 g/mol. The molecule has 0 aliphatic carbocycles. The van der Waals surface area contributed by atoms with Crippen LogP contribution in [0.5, 0.6) is 0 Å². The Morgan fingerprint density at radius 3 is 2.47 bits per heavy atom. The van der Waals surface area contributed by atoms with E-state index in [4.69, 9.17) is 16.6 Å². The molecule has 0 radical (unpaired) electrons. The fourth-order valence-electron chi connectivity index (χ4n) is 4.72. The number of para-hydroxylation sites is 1. The van der Waals surface area contributed by atoms with Crippen molar-refractivity contribution in [2.24, 2.45) is 0 Å². The van der Waals surface area contributed by atoms with Crippen LogP contribution in [0.2, 0.25) is 5.02 Å². The Balaban J connectivity index is 1.96. The molecule has 2 aromatic heterocycles. The Hall–Kier alpha value is -3.19. The van der Waals surface area contributed by atoms with E-state index < -0.39 is 0 Å². The number of rotatable bonds is 5. The maximum atomic E-state index is 13.6. The molecule has 1 aromatic carbocycles. The van der Waals surface area contributed by atoms with Crippen LogP contribution in [-0.2, 0) is 17.6 Å². The average Bonchev–Trinajstić information content (AvgIpc) is 2.84. The molecule has 0 bridgehead atoms. The van der Waals surface area contributed by atoms with Crippen molar-refractivity contribution in [2.75, 3.05) is 24.5 Å². The highest BCUT2D eigenvalue weighted by molar-refractivity contribution is 6.32. The second-order valence-electron chi connectivity index (χ2n) is 8.64. The van der Waals surface area contributed by atoms with E-state index in [9.17, 15) is 9.59 Å². The molecule has 3 heterocycles. The first-order chi connectivity index (χ1) is 16.3. The number of benzene rings is 1. The monoisotopic (exact) mass is 479 g/mol. The third-order valence-corrected chi connectivity index (χ3v) is 6.93. The second-order valence-corrected chi connectivity index (χ2v) is 9.05. The van der Waals surface area contributed by atoms with Gasteiger partial charge in [0.25, 0.3) is 0 Å². The Morgan fingerprint density at radius 1 is 1.21 bits per heavy atom. The third kappa shape index (κ3) is 4.09. The first-order valence-electron chi connectivity index (χ1n) is 11.7. The summed E-state index contributed by atoms with van der Waals surface area (Å²) >= 11 is 6.51. The van der Waals surface area contributed by atoms with Gasteiger partial charge in [0.05, 0.1) is 21.8 Å². The summed E-state index contributed by atoms with van der Waals surface area (Å²) in [4.78, 5) is 38.9. The molecule has 1 fully saturated rings. The summed E-state index contributed by atoms with van der Waals surface area (Å²) in [5.74, 6) is 0.458. The van der Waals surface area contributed by atoms with Gasteiger partial charge in [-0.3, -0.25) is 4.79 Å². The number of fused-ring (bicyclic) bond motifs is 1. The van der Waals surface area contributed by atoms with Crippen molar-refractivity contribution in [1.29, 1.82) is 0 Å². The van der Waals surface area contributed by atoms with Gasteiger partial charge in [0.2, 0.25) is 5.91 Å². The van der Waals surface area contributed by atoms with Crippen molar-refractivity contribution < 1.29 is 4.79 Å². The molecule has 1 amide bonds. The number of halogens is 1. The van der Waals surface area contributed by atoms with E-state index in [2.05, 4.69) is 30.3 Å². The summed E-state index contributed by atoms with van der Waals surface area (Å²) in [6, 6.07) is 7.92. The SMILES string of the molecule is C=CC(=O)N1CCN(c2nc(=O)n(-c3c(CC)cccc3CC)c3nc(C)c(Cl)cc23)[C@@H](C)C1. The van der Waals surface area contributed by atoms with E-state index in [1.165, 1.54) is 6.08 Å². The first kappa shape index (κ1) is 24.0. The molecule has 1 aliphatic rings. The van der Waals surface area contributed by atoms with Crippen LogP contribution in [-0.4, -0.2) is 51.0 Å². The van der Waals surface area contributed by atoms with Crippen LogP contribution >= 0.6 is 11.6 Å². The van der Waals surface area contributed by atoms with Crippen molar-refractivity contribution in [1.82, 2.24) is 19.4 Å². The van der Waals surface area contributed by atoms with Crippen LogP contribution in [0.4, 0.5) is 5.82 Å². The van der Waals surface area contributed by atoms with Gasteiger partial charge in [-0.15, -0.1) is 0 Å². The van der Waals surface area contributed by atoms with Crippen molar-refractivity contribution in [2.45, 2.75) is 46.6 Å². The molecule has 34 heavy (non-hydrogen) atoms. The Kier molecular flexibility index (Phi) is 6.75. The predicted octanol–water partition coefficient (Wildman–Crippen LogP) is 4.09. The van der Waals surface area contributed by atoms with E-state index in [0.29, 0.717) is 41.8 Å². The summed E-state index contributed by atoms with van der Waals surface area (Å²) in [5.41, 5.74) is 3.81. The van der Waals surface area contributed by atoms with E-state index in [1.807, 2.05) is 38.1 Å². The molecule has 3 aromatic rings. The second kappa shape index (κ2) is 9.58. The fourth-order valence-corrected chi connectivity index (χ4v) is 4.87. The summed E-state index contributed by atoms with van der Waals surface area (Å²) in [5, 5.41) is 1.24. The minimum Gasteiger partial charge on any atom is -0.350 e. The topological polar surface area (TPSA) is 71.3 Å². The zero-order valence-electron chi connectivity index (χ0n) is 20.1. The van der Waals surface area contributed by atoms with Crippen molar-refractivity contribution in [3.8, 4) is 5.69 Å². The maximum Gasteiger partial charge on any atom is 0.355 e. The van der Waals surface area contributed by atoms with Gasteiger partial charge in [-0.1, -0.05) is 50.2 Å². The minimum atomic E-state index is -0.371. The lowest BCUT2D eigenvalue weighted by molar-refractivity contribution is -0.126. The van der Waals surface area contributed by atoms with Crippen LogP contribution < -0.4 is 10.6 Å². The summed E-state index contributed by atoms with van der Waals surface area (Å²) < 4.78 is 1.64. The first-order valence-corrected chi connectivity index (χ1v) is 12.1. The number of carbonyl (C=O) groups is 1. The number of hydrogen-bond acceptors (Lipinski definition) is 5. The molecule has 0 spiro atoms. The molecule has 8 heteroatoms. The lowest BCUT2D eigenvalue weighted by Crippen LogP contribution is -2.54. The molecule has 1 aliphatic heterocycles. The Morgan fingerprint density at radius 2 is 1.88 bits per heavy atom. The van der Waals surface area contributed by atoms with E-state index >= 15 is 0 Å². The standard InChI is InChI=1S/C26H30ClN5O2/c1-6-18-10-9-11-19(7-2)23(18)32-25-20(14-21(27)17(5)28-25)24(29-26(32)34)31-13-12-30(15-16(31)4)22(33)8-3/h8-11,14,16H,3,6-7,12-13,15H2,1-2,4-5H3/t16-/m0/s1. The zero-order chi connectivity index (χ0) is 24.6. The van der Waals surface area contributed by atoms with Gasteiger partial charge >= 0.3 is 5.69 Å². The smallest absolute Gasteiger partial charge is 0.350 e. The molecule has 1 saturated heterocycles. The van der Waals surface area contributed by atoms with E-state index in [-0.39, 0.29) is 17.6 Å². The van der Waals surface area contributed by atoms with Crippen LogP contribution in [0.1, 0.15) is 37.6 Å². The van der Waals surface area contributed by atoms with Gasteiger partial charge in [-0.05, 0) is 50.0 Å². The van der Waals surface area contributed by atoms with Gasteiger partial charge in [-0.2, -0.15) is 4.98 Å². The molecule has 0 unspecified atom stereocenters. The lowest BCUT2D eigenvalue weighted by atomic mass is 10.0. The maximum absolute atomic E-state index is 13.6. The Labute approximate surface area is 204 Å². The quantitative estimate of drug-likeness (QED) is 0.515. The van der Waals surface area contributed by atoms with Crippen molar-refractivity contribution >= 4 is 34.4 Å². The van der Waals surface area contributed by atoms with Crippen LogP contribution in [0.15, 0.2) is 41.7 Å². The van der Waals surface area contributed by atoms with Crippen LogP contribution in [0.25, 0.3) is 16.7 Å². The highest BCUT2D eigenvalue weighted by Gasteiger charge is 2.29. The van der Waals surface area contributed by atoms with Crippen LogP contribution in [0, 0.1) is 6.92 Å². The molecule has 1 atom stereocenters. The summed E-state index contributed by atoms with van der Waals surface area (Å²) in [6.07, 6.45) is 2.89. The lowest BCUT2D eigenvalue weighted by Gasteiger charge is -2.40. The van der Waals surface area contributed by atoms with Crippen LogP contribution in [0.3, 0.4) is 0 Å². The normalized spacial score (nSPS) is 16.2. The number of hydrogen-bond donors (Lipinski definition) is 0. The highest BCUT2D eigenvalue weighted by Crippen LogP contribution is 2.31. The highest BCUT2D eigenvalue weighted by atomic mass is 35.5. The van der Waals surface area contributed by atoms with Gasteiger partial charge in [0, 0.05) is 25.7 Å². The molecular weight excluding hydrogens is 450 g/mol. The predicted molar refractivity (Wildman–Crippen MR) is 137 cm³/mol. The number of carbonyl (C=O) groups excluding carboxylic acids is 1. The third-order valence-electron chi connectivity index (χ3n) is 6.55. The molecular formula is C26H30ClN5O2. The van der Waals surface area contributed by atoms with Gasteiger partial charge in [0.1, 0.15) is 5.82 Å². The van der Waals surface area contributed by atoms with Crippen molar-refractivity contribution in [3.05, 3.63) is 69.2 Å². The molecule has 0 N–H and O–H groups in total. The molecule has 178 valence electrons. The molecule has 0 saturated carbocycles. The number of anilines is 1. The van der Waals surface area contributed by atoms with Gasteiger partial charge < -0.3 is 9.80 Å². The number of amides is 1.